The third kappa shape index (κ3) is 2.20. The molecule has 0 radical (unpaired) electrons. The lowest BCUT2D eigenvalue weighted by Crippen LogP contribution is -2.15. The van der Waals surface area contributed by atoms with E-state index in [0.717, 1.165) is 31.4 Å². The van der Waals surface area contributed by atoms with Gasteiger partial charge in [0.2, 0.25) is 5.88 Å². The van der Waals surface area contributed by atoms with E-state index in [1.54, 1.807) is 0 Å². The molecular weight excluding hydrogens is 224 g/mol. The highest BCUT2D eigenvalue weighted by Crippen LogP contribution is 2.29. The van der Waals surface area contributed by atoms with Crippen LogP contribution in [0.5, 0.6) is 5.88 Å². The second-order valence-corrected chi connectivity index (χ2v) is 5.29. The first kappa shape index (κ1) is 11.5. The van der Waals surface area contributed by atoms with Gasteiger partial charge in [-0.2, -0.15) is 5.26 Å². The van der Waals surface area contributed by atoms with Crippen molar-refractivity contribution in [3.8, 4) is 11.9 Å². The molecule has 2 aliphatic rings. The zero-order chi connectivity index (χ0) is 12.4. The number of rotatable bonds is 2. The molecule has 0 atom stereocenters. The number of nitrogens with zero attached hydrogens (tertiary/aromatic N) is 2. The van der Waals surface area contributed by atoms with Crippen molar-refractivity contribution in [2.45, 2.75) is 57.5 Å². The average molecular weight is 242 g/mol. The number of pyridine rings is 1. The first-order chi connectivity index (χ1) is 8.86. The fourth-order valence-electron chi connectivity index (χ4n) is 2.95. The van der Waals surface area contributed by atoms with Crippen LogP contribution in [0.15, 0.2) is 6.07 Å². The van der Waals surface area contributed by atoms with E-state index in [4.69, 9.17) is 4.74 Å². The average Bonchev–Trinajstić information content (AvgIpc) is 2.91. The highest BCUT2D eigenvalue weighted by Gasteiger charge is 2.21. The molecule has 0 spiro atoms. The smallest absolute Gasteiger partial charge is 0.232 e. The topological polar surface area (TPSA) is 45.9 Å². The molecule has 0 aliphatic heterocycles. The van der Waals surface area contributed by atoms with Gasteiger partial charge in [0.1, 0.15) is 17.7 Å². The maximum Gasteiger partial charge on any atom is 0.232 e. The van der Waals surface area contributed by atoms with Crippen LogP contribution in [0.2, 0.25) is 0 Å². The van der Waals surface area contributed by atoms with Gasteiger partial charge in [-0.15, -0.1) is 0 Å². The summed E-state index contributed by atoms with van der Waals surface area (Å²) in [7, 11) is 0. The molecule has 1 heterocycles. The van der Waals surface area contributed by atoms with E-state index < -0.39 is 0 Å². The molecule has 0 unspecified atom stereocenters. The molecule has 1 saturated carbocycles. The molecule has 94 valence electrons. The van der Waals surface area contributed by atoms with Gasteiger partial charge in [0, 0.05) is 5.69 Å². The maximum atomic E-state index is 9.22. The Labute approximate surface area is 108 Å². The molecule has 3 rings (SSSR count). The number of aryl methyl sites for hydroxylation is 2. The van der Waals surface area contributed by atoms with E-state index in [-0.39, 0.29) is 6.10 Å². The zero-order valence-electron chi connectivity index (χ0n) is 10.6. The van der Waals surface area contributed by atoms with Crippen LogP contribution in [0.1, 0.15) is 55.3 Å². The molecule has 1 aromatic rings. The lowest BCUT2D eigenvalue weighted by atomic mass is 9.95. The second kappa shape index (κ2) is 4.97. The zero-order valence-corrected chi connectivity index (χ0v) is 10.6. The summed E-state index contributed by atoms with van der Waals surface area (Å²) in [6.45, 7) is 0. The van der Waals surface area contributed by atoms with Crippen molar-refractivity contribution in [2.75, 3.05) is 0 Å². The number of ether oxygens (including phenoxy) is 1. The Bertz CT molecular complexity index is 484. The Hall–Kier alpha value is -1.56. The van der Waals surface area contributed by atoms with Gasteiger partial charge in [0.15, 0.2) is 0 Å². The van der Waals surface area contributed by atoms with Crippen LogP contribution in [0, 0.1) is 11.3 Å². The number of hydrogen-bond donors (Lipinski definition) is 0. The van der Waals surface area contributed by atoms with Crippen molar-refractivity contribution in [1.82, 2.24) is 4.98 Å². The van der Waals surface area contributed by atoms with Crippen molar-refractivity contribution in [3.63, 3.8) is 0 Å². The van der Waals surface area contributed by atoms with Gasteiger partial charge in [-0.25, -0.2) is 4.98 Å². The monoisotopic (exact) mass is 242 g/mol. The van der Waals surface area contributed by atoms with Gasteiger partial charge >= 0.3 is 0 Å². The van der Waals surface area contributed by atoms with E-state index in [2.05, 4.69) is 11.1 Å². The maximum absolute atomic E-state index is 9.22. The van der Waals surface area contributed by atoms with Crippen LogP contribution < -0.4 is 4.74 Å². The van der Waals surface area contributed by atoms with E-state index >= 15 is 0 Å². The van der Waals surface area contributed by atoms with Crippen molar-refractivity contribution in [3.05, 3.63) is 22.9 Å². The van der Waals surface area contributed by atoms with E-state index in [9.17, 15) is 5.26 Å². The van der Waals surface area contributed by atoms with Crippen LogP contribution in [0.4, 0.5) is 0 Å². The summed E-state index contributed by atoms with van der Waals surface area (Å²) < 4.78 is 5.93. The van der Waals surface area contributed by atoms with Gasteiger partial charge in [0.25, 0.3) is 0 Å². The molecule has 2 aliphatic carbocycles. The molecule has 0 bridgehead atoms. The van der Waals surface area contributed by atoms with E-state index in [1.165, 1.54) is 31.2 Å². The van der Waals surface area contributed by atoms with Crippen LogP contribution in [-0.2, 0) is 12.8 Å². The predicted octanol–water partition coefficient (Wildman–Crippen LogP) is 3.15. The minimum atomic E-state index is 0.270. The van der Waals surface area contributed by atoms with Crippen molar-refractivity contribution in [2.24, 2.45) is 0 Å². The molecule has 0 saturated heterocycles. The molecule has 3 nitrogen and oxygen atoms in total. The Morgan fingerprint density at radius 3 is 2.72 bits per heavy atom. The van der Waals surface area contributed by atoms with Crippen LogP contribution in [-0.4, -0.2) is 11.1 Å². The van der Waals surface area contributed by atoms with Gasteiger partial charge < -0.3 is 4.74 Å². The van der Waals surface area contributed by atoms with Gasteiger partial charge in [0.05, 0.1) is 0 Å². The molecular formula is C15H18N2O. The van der Waals surface area contributed by atoms with Crippen LogP contribution in [0.25, 0.3) is 0 Å². The first-order valence-corrected chi connectivity index (χ1v) is 6.96. The summed E-state index contributed by atoms with van der Waals surface area (Å²) in [5.74, 6) is 0.574. The molecule has 0 aromatic carbocycles. The minimum Gasteiger partial charge on any atom is -0.473 e. The Balaban J connectivity index is 1.89. The standard InChI is InChI=1S/C15H18N2O/c16-10-12-9-11-5-1-4-8-14(11)17-15(12)18-13-6-2-3-7-13/h9,13H,1-8H2. The van der Waals surface area contributed by atoms with Crippen molar-refractivity contribution in [1.29, 1.82) is 5.26 Å². The summed E-state index contributed by atoms with van der Waals surface area (Å²) in [4.78, 5) is 4.60. The van der Waals surface area contributed by atoms with Crippen LogP contribution >= 0.6 is 0 Å². The lowest BCUT2D eigenvalue weighted by molar-refractivity contribution is 0.200. The molecule has 1 fully saturated rings. The first-order valence-electron chi connectivity index (χ1n) is 6.96. The highest BCUT2D eigenvalue weighted by molar-refractivity contribution is 5.43. The van der Waals surface area contributed by atoms with E-state index in [0.29, 0.717) is 11.4 Å². The third-order valence-corrected chi connectivity index (χ3v) is 3.97. The fourth-order valence-corrected chi connectivity index (χ4v) is 2.95. The molecule has 1 aromatic heterocycles. The minimum absolute atomic E-state index is 0.270. The SMILES string of the molecule is N#Cc1cc2c(nc1OC1CCCC1)CCCC2. The number of hydrogen-bond acceptors (Lipinski definition) is 3. The normalized spacial score (nSPS) is 19.3. The fraction of sp³-hybridized carbons (Fsp3) is 0.600. The van der Waals surface area contributed by atoms with Crippen molar-refractivity contribution >= 4 is 0 Å². The summed E-state index contributed by atoms with van der Waals surface area (Å²) in [6, 6.07) is 4.22. The van der Waals surface area contributed by atoms with E-state index in [1.807, 2.05) is 6.07 Å². The van der Waals surface area contributed by atoms with Crippen LogP contribution in [0.3, 0.4) is 0 Å². The Morgan fingerprint density at radius 2 is 1.94 bits per heavy atom. The number of nitriles is 1. The van der Waals surface area contributed by atoms with Crippen molar-refractivity contribution < 1.29 is 4.74 Å². The molecule has 0 amide bonds. The summed E-state index contributed by atoms with van der Waals surface area (Å²) in [6.07, 6.45) is 9.44. The quantitative estimate of drug-likeness (QED) is 0.800. The molecule has 0 N–H and O–H groups in total. The summed E-state index contributed by atoms with van der Waals surface area (Å²) in [5.41, 5.74) is 3.01. The number of fused-ring (bicyclic) bond motifs is 1. The van der Waals surface area contributed by atoms with Gasteiger partial charge in [-0.3, -0.25) is 0 Å². The molecule has 3 heteroatoms. The highest BCUT2D eigenvalue weighted by atomic mass is 16.5. The van der Waals surface area contributed by atoms with Gasteiger partial charge in [-0.1, -0.05) is 0 Å². The summed E-state index contributed by atoms with van der Waals surface area (Å²) >= 11 is 0. The largest absolute Gasteiger partial charge is 0.473 e. The second-order valence-electron chi connectivity index (χ2n) is 5.29. The lowest BCUT2D eigenvalue weighted by Gasteiger charge is -2.18. The summed E-state index contributed by atoms with van der Waals surface area (Å²) in [5, 5.41) is 9.22. The predicted molar refractivity (Wildman–Crippen MR) is 68.5 cm³/mol. The number of aromatic nitrogens is 1. The molecule has 18 heavy (non-hydrogen) atoms. The Morgan fingerprint density at radius 1 is 1.17 bits per heavy atom. The third-order valence-electron chi connectivity index (χ3n) is 3.97. The Kier molecular flexibility index (Phi) is 3.19. The van der Waals surface area contributed by atoms with Gasteiger partial charge in [-0.05, 0) is 63.0 Å².